The van der Waals surface area contributed by atoms with E-state index in [0.717, 1.165) is 24.9 Å². The van der Waals surface area contributed by atoms with Crippen LogP contribution in [0.4, 0.5) is 0 Å². The number of carboxylic acids is 1. The molecule has 1 atom stereocenters. The highest BCUT2D eigenvalue weighted by atomic mass is 16.5. The number of hydrogen-bond acceptors (Lipinski definition) is 4. The lowest BCUT2D eigenvalue weighted by molar-refractivity contribution is -0.143. The summed E-state index contributed by atoms with van der Waals surface area (Å²) in [5, 5.41) is 19.3. The van der Waals surface area contributed by atoms with Gasteiger partial charge in [-0.2, -0.15) is 0 Å². The zero-order valence-corrected chi connectivity index (χ0v) is 11.7. The van der Waals surface area contributed by atoms with Crippen LogP contribution in [0.15, 0.2) is 18.2 Å². The maximum absolute atomic E-state index is 11.1. The minimum Gasteiger partial charge on any atom is -0.504 e. The molecule has 0 bridgehead atoms. The van der Waals surface area contributed by atoms with Crippen LogP contribution < -0.4 is 4.74 Å². The van der Waals surface area contributed by atoms with Crippen molar-refractivity contribution in [2.75, 3.05) is 19.7 Å². The molecule has 0 radical (unpaired) electrons. The molecule has 1 unspecified atom stereocenters. The number of ether oxygens (including phenoxy) is 1. The second-order valence-corrected chi connectivity index (χ2v) is 5.11. The first-order chi connectivity index (χ1) is 9.61. The second-order valence-electron chi connectivity index (χ2n) is 5.11. The van der Waals surface area contributed by atoms with Gasteiger partial charge < -0.3 is 14.9 Å². The third-order valence-electron chi connectivity index (χ3n) is 3.63. The molecule has 2 rings (SSSR count). The number of hydrogen-bond donors (Lipinski definition) is 2. The third kappa shape index (κ3) is 3.42. The number of aromatic hydroxyl groups is 1. The van der Waals surface area contributed by atoms with Crippen molar-refractivity contribution >= 4 is 5.97 Å². The van der Waals surface area contributed by atoms with E-state index in [2.05, 4.69) is 4.90 Å². The van der Waals surface area contributed by atoms with Gasteiger partial charge in [-0.25, -0.2) is 0 Å². The lowest BCUT2D eigenvalue weighted by Gasteiger charge is -2.30. The van der Waals surface area contributed by atoms with Gasteiger partial charge in [0.15, 0.2) is 11.5 Å². The fourth-order valence-electron chi connectivity index (χ4n) is 2.61. The Morgan fingerprint density at radius 1 is 1.50 bits per heavy atom. The number of likely N-dealkylation sites (tertiary alicyclic amines) is 1. The van der Waals surface area contributed by atoms with Gasteiger partial charge in [0, 0.05) is 18.7 Å². The van der Waals surface area contributed by atoms with Crippen molar-refractivity contribution in [3.05, 3.63) is 23.8 Å². The molecular formula is C15H21NO4. The zero-order chi connectivity index (χ0) is 14.5. The van der Waals surface area contributed by atoms with E-state index in [-0.39, 0.29) is 11.7 Å². The van der Waals surface area contributed by atoms with Crippen molar-refractivity contribution in [3.8, 4) is 11.5 Å². The van der Waals surface area contributed by atoms with Crippen LogP contribution in [0.3, 0.4) is 0 Å². The van der Waals surface area contributed by atoms with Gasteiger partial charge in [0.2, 0.25) is 0 Å². The number of carbonyl (C=O) groups is 1. The van der Waals surface area contributed by atoms with Gasteiger partial charge in [0.05, 0.1) is 12.5 Å². The minimum absolute atomic E-state index is 0.159. The van der Waals surface area contributed by atoms with E-state index in [9.17, 15) is 9.90 Å². The minimum atomic E-state index is -0.734. The highest BCUT2D eigenvalue weighted by molar-refractivity contribution is 5.70. The molecule has 110 valence electrons. The zero-order valence-electron chi connectivity index (χ0n) is 11.7. The average molecular weight is 279 g/mol. The Labute approximate surface area is 118 Å². The summed E-state index contributed by atoms with van der Waals surface area (Å²) in [6.45, 7) is 4.32. The van der Waals surface area contributed by atoms with Crippen molar-refractivity contribution in [2.45, 2.75) is 26.3 Å². The Bertz CT molecular complexity index is 475. The number of phenolic OH excluding ortho intramolecular Hbond substituents is 1. The SMILES string of the molecule is CCOc1cccc(CN2CCCC(C(=O)O)C2)c1O. The van der Waals surface area contributed by atoms with E-state index in [1.54, 1.807) is 6.07 Å². The van der Waals surface area contributed by atoms with Gasteiger partial charge in [0.25, 0.3) is 0 Å². The Kier molecular flexibility index (Phi) is 4.84. The highest BCUT2D eigenvalue weighted by Crippen LogP contribution is 2.31. The molecule has 1 saturated heterocycles. The predicted octanol–water partition coefficient (Wildman–Crippen LogP) is 2.09. The molecular weight excluding hydrogens is 258 g/mol. The summed E-state index contributed by atoms with van der Waals surface area (Å²) in [7, 11) is 0. The van der Waals surface area contributed by atoms with E-state index in [4.69, 9.17) is 9.84 Å². The van der Waals surface area contributed by atoms with Gasteiger partial charge in [-0.05, 0) is 32.4 Å². The summed E-state index contributed by atoms with van der Waals surface area (Å²) in [5.74, 6) is -0.397. The number of carboxylic acid groups (broad SMARTS) is 1. The lowest BCUT2D eigenvalue weighted by atomic mass is 9.98. The molecule has 0 saturated carbocycles. The van der Waals surface area contributed by atoms with Gasteiger partial charge in [-0.1, -0.05) is 12.1 Å². The number of phenols is 1. The molecule has 0 aromatic heterocycles. The maximum atomic E-state index is 11.1. The van der Waals surface area contributed by atoms with E-state index in [0.29, 0.717) is 25.4 Å². The quantitative estimate of drug-likeness (QED) is 0.863. The molecule has 1 aliphatic rings. The summed E-state index contributed by atoms with van der Waals surface area (Å²) in [4.78, 5) is 13.1. The van der Waals surface area contributed by atoms with Gasteiger partial charge in [-0.15, -0.1) is 0 Å². The third-order valence-corrected chi connectivity index (χ3v) is 3.63. The van der Waals surface area contributed by atoms with Crippen LogP contribution >= 0.6 is 0 Å². The van der Waals surface area contributed by atoms with Crippen LogP contribution in [-0.2, 0) is 11.3 Å². The number of piperidine rings is 1. The number of benzene rings is 1. The fraction of sp³-hybridized carbons (Fsp3) is 0.533. The average Bonchev–Trinajstić information content (AvgIpc) is 2.44. The van der Waals surface area contributed by atoms with Crippen LogP contribution in [-0.4, -0.2) is 40.8 Å². The molecule has 1 fully saturated rings. The number of para-hydroxylation sites is 1. The highest BCUT2D eigenvalue weighted by Gasteiger charge is 2.25. The normalized spacial score (nSPS) is 19.8. The predicted molar refractivity (Wildman–Crippen MR) is 74.9 cm³/mol. The molecule has 1 heterocycles. The van der Waals surface area contributed by atoms with Crippen LogP contribution in [0.2, 0.25) is 0 Å². The topological polar surface area (TPSA) is 70.0 Å². The number of aliphatic carboxylic acids is 1. The summed E-state index contributed by atoms with van der Waals surface area (Å²) < 4.78 is 5.36. The molecule has 2 N–H and O–H groups in total. The summed E-state index contributed by atoms with van der Waals surface area (Å²) >= 11 is 0. The summed E-state index contributed by atoms with van der Waals surface area (Å²) in [6.07, 6.45) is 1.61. The van der Waals surface area contributed by atoms with E-state index in [1.165, 1.54) is 0 Å². The first kappa shape index (κ1) is 14.7. The number of nitrogens with zero attached hydrogens (tertiary/aromatic N) is 1. The van der Waals surface area contributed by atoms with Crippen molar-refractivity contribution in [2.24, 2.45) is 5.92 Å². The van der Waals surface area contributed by atoms with E-state index in [1.807, 2.05) is 19.1 Å². The first-order valence-electron chi connectivity index (χ1n) is 7.00. The molecule has 0 spiro atoms. The van der Waals surface area contributed by atoms with Gasteiger partial charge >= 0.3 is 5.97 Å². The van der Waals surface area contributed by atoms with Gasteiger partial charge in [0.1, 0.15) is 0 Å². The largest absolute Gasteiger partial charge is 0.504 e. The van der Waals surface area contributed by atoms with Crippen molar-refractivity contribution in [1.82, 2.24) is 4.90 Å². The van der Waals surface area contributed by atoms with Crippen LogP contribution in [0.25, 0.3) is 0 Å². The molecule has 5 nitrogen and oxygen atoms in total. The van der Waals surface area contributed by atoms with Crippen LogP contribution in [0, 0.1) is 5.92 Å². The van der Waals surface area contributed by atoms with Crippen LogP contribution in [0.5, 0.6) is 11.5 Å². The molecule has 20 heavy (non-hydrogen) atoms. The van der Waals surface area contributed by atoms with Crippen molar-refractivity contribution in [3.63, 3.8) is 0 Å². The molecule has 1 aromatic rings. The molecule has 0 amide bonds. The molecule has 5 heteroatoms. The summed E-state index contributed by atoms with van der Waals surface area (Å²) in [6, 6.07) is 5.43. The fourth-order valence-corrected chi connectivity index (χ4v) is 2.61. The van der Waals surface area contributed by atoms with E-state index >= 15 is 0 Å². The Morgan fingerprint density at radius 2 is 2.30 bits per heavy atom. The van der Waals surface area contributed by atoms with E-state index < -0.39 is 5.97 Å². The maximum Gasteiger partial charge on any atom is 0.307 e. The Balaban J connectivity index is 2.06. The lowest BCUT2D eigenvalue weighted by Crippen LogP contribution is -2.38. The second kappa shape index (κ2) is 6.61. The first-order valence-corrected chi connectivity index (χ1v) is 7.00. The molecule has 1 aliphatic heterocycles. The molecule has 0 aliphatic carbocycles. The van der Waals surface area contributed by atoms with Crippen molar-refractivity contribution < 1.29 is 19.7 Å². The van der Waals surface area contributed by atoms with Gasteiger partial charge in [-0.3, -0.25) is 9.69 Å². The number of rotatable bonds is 5. The Hall–Kier alpha value is -1.75. The standard InChI is InChI=1S/C15H21NO4/c1-2-20-13-7-3-5-11(14(13)17)9-16-8-4-6-12(10-16)15(18)19/h3,5,7,12,17H,2,4,6,8-10H2,1H3,(H,18,19). The molecule has 1 aromatic carbocycles. The Morgan fingerprint density at radius 3 is 3.00 bits per heavy atom. The van der Waals surface area contributed by atoms with Crippen LogP contribution in [0.1, 0.15) is 25.3 Å². The van der Waals surface area contributed by atoms with Crippen molar-refractivity contribution in [1.29, 1.82) is 0 Å². The summed E-state index contributed by atoms with van der Waals surface area (Å²) in [5.41, 5.74) is 0.780. The smallest absolute Gasteiger partial charge is 0.307 e. The monoisotopic (exact) mass is 279 g/mol.